The molecule has 2 aromatic rings. The summed E-state index contributed by atoms with van der Waals surface area (Å²) < 4.78 is 0. The van der Waals surface area contributed by atoms with Gasteiger partial charge in [-0.25, -0.2) is 0 Å². The number of carbonyl (C=O) groups excluding carboxylic acids is 1. The van der Waals surface area contributed by atoms with Crippen LogP contribution in [0.2, 0.25) is 0 Å². The zero-order valence-electron chi connectivity index (χ0n) is 9.41. The SMILES string of the molecule is O=C([O-])c1ccc(N/N=C\c2ccncc2)cc1. The van der Waals surface area contributed by atoms with E-state index in [1.165, 1.54) is 12.1 Å². The van der Waals surface area contributed by atoms with Gasteiger partial charge in [-0.15, -0.1) is 0 Å². The average molecular weight is 240 g/mol. The van der Waals surface area contributed by atoms with Gasteiger partial charge in [0, 0.05) is 12.4 Å². The smallest absolute Gasteiger partial charge is 0.0715 e. The largest absolute Gasteiger partial charge is 0.545 e. The maximum Gasteiger partial charge on any atom is 0.0715 e. The van der Waals surface area contributed by atoms with Crippen molar-refractivity contribution < 1.29 is 9.90 Å². The van der Waals surface area contributed by atoms with Gasteiger partial charge in [0.25, 0.3) is 0 Å². The van der Waals surface area contributed by atoms with Gasteiger partial charge in [-0.3, -0.25) is 10.4 Å². The van der Waals surface area contributed by atoms with Crippen molar-refractivity contribution in [2.45, 2.75) is 0 Å². The van der Waals surface area contributed by atoms with Crippen molar-refractivity contribution >= 4 is 17.9 Å². The third kappa shape index (κ3) is 3.15. The summed E-state index contributed by atoms with van der Waals surface area (Å²) in [6.45, 7) is 0. The second-order valence-electron chi connectivity index (χ2n) is 3.52. The van der Waals surface area contributed by atoms with Gasteiger partial charge >= 0.3 is 0 Å². The predicted octanol–water partition coefficient (Wildman–Crippen LogP) is 0.891. The lowest BCUT2D eigenvalue weighted by molar-refractivity contribution is -0.255. The molecule has 18 heavy (non-hydrogen) atoms. The summed E-state index contributed by atoms with van der Waals surface area (Å²) in [5.74, 6) is -1.19. The first-order chi connectivity index (χ1) is 8.75. The highest BCUT2D eigenvalue weighted by atomic mass is 16.4. The number of carbonyl (C=O) groups is 1. The highest BCUT2D eigenvalue weighted by molar-refractivity contribution is 5.86. The summed E-state index contributed by atoms with van der Waals surface area (Å²) in [6, 6.07) is 9.80. The molecule has 90 valence electrons. The van der Waals surface area contributed by atoms with Crippen molar-refractivity contribution in [2.75, 3.05) is 5.43 Å². The highest BCUT2D eigenvalue weighted by Gasteiger charge is 1.93. The van der Waals surface area contributed by atoms with Gasteiger partial charge in [0.1, 0.15) is 0 Å². The van der Waals surface area contributed by atoms with Crippen LogP contribution < -0.4 is 10.5 Å². The Morgan fingerprint density at radius 2 is 1.83 bits per heavy atom. The molecule has 0 aliphatic heterocycles. The molecule has 0 spiro atoms. The number of hydrazone groups is 1. The summed E-state index contributed by atoms with van der Waals surface area (Å²) in [7, 11) is 0. The lowest BCUT2D eigenvalue weighted by Gasteiger charge is -2.03. The molecular weight excluding hydrogens is 230 g/mol. The van der Waals surface area contributed by atoms with Crippen LogP contribution in [0.5, 0.6) is 0 Å². The van der Waals surface area contributed by atoms with Gasteiger partial charge in [-0.1, -0.05) is 12.1 Å². The summed E-state index contributed by atoms with van der Waals surface area (Å²) in [6.07, 6.45) is 5.00. The number of carboxylic acids is 1. The third-order valence-corrected chi connectivity index (χ3v) is 2.23. The normalized spacial score (nSPS) is 10.4. The topological polar surface area (TPSA) is 77.4 Å². The molecule has 0 saturated heterocycles. The molecule has 1 N–H and O–H groups in total. The fourth-order valence-electron chi connectivity index (χ4n) is 1.31. The number of anilines is 1. The van der Waals surface area contributed by atoms with Crippen LogP contribution in [0.25, 0.3) is 0 Å². The number of aromatic nitrogens is 1. The van der Waals surface area contributed by atoms with E-state index >= 15 is 0 Å². The van der Waals surface area contributed by atoms with E-state index in [9.17, 15) is 9.90 Å². The fourth-order valence-corrected chi connectivity index (χ4v) is 1.31. The van der Waals surface area contributed by atoms with E-state index in [2.05, 4.69) is 15.5 Å². The van der Waals surface area contributed by atoms with Crippen molar-refractivity contribution in [3.8, 4) is 0 Å². The predicted molar refractivity (Wildman–Crippen MR) is 66.2 cm³/mol. The molecule has 0 fully saturated rings. The quantitative estimate of drug-likeness (QED) is 0.636. The molecule has 5 heteroatoms. The van der Waals surface area contributed by atoms with Crippen molar-refractivity contribution in [1.82, 2.24) is 4.98 Å². The number of benzene rings is 1. The Kier molecular flexibility index (Phi) is 3.66. The zero-order chi connectivity index (χ0) is 12.8. The first kappa shape index (κ1) is 11.8. The molecule has 0 atom stereocenters. The Bertz CT molecular complexity index is 550. The highest BCUT2D eigenvalue weighted by Crippen LogP contribution is 2.08. The molecule has 0 unspecified atom stereocenters. The van der Waals surface area contributed by atoms with E-state index in [0.29, 0.717) is 5.69 Å². The van der Waals surface area contributed by atoms with Crippen LogP contribution in [0, 0.1) is 0 Å². The minimum Gasteiger partial charge on any atom is -0.545 e. The zero-order valence-corrected chi connectivity index (χ0v) is 9.41. The summed E-state index contributed by atoms with van der Waals surface area (Å²) in [5, 5.41) is 14.6. The summed E-state index contributed by atoms with van der Waals surface area (Å²) >= 11 is 0. The van der Waals surface area contributed by atoms with E-state index in [1.807, 2.05) is 12.1 Å². The van der Waals surface area contributed by atoms with Crippen molar-refractivity contribution in [3.63, 3.8) is 0 Å². The van der Waals surface area contributed by atoms with Crippen molar-refractivity contribution in [2.24, 2.45) is 5.10 Å². The average Bonchev–Trinajstić information content (AvgIpc) is 2.40. The van der Waals surface area contributed by atoms with Gasteiger partial charge in [0.05, 0.1) is 17.9 Å². The lowest BCUT2D eigenvalue weighted by atomic mass is 10.2. The summed E-state index contributed by atoms with van der Waals surface area (Å²) in [5.41, 5.74) is 4.55. The number of rotatable bonds is 4. The molecule has 2 rings (SSSR count). The van der Waals surface area contributed by atoms with Crippen LogP contribution in [-0.2, 0) is 0 Å². The summed E-state index contributed by atoms with van der Waals surface area (Å²) in [4.78, 5) is 14.4. The number of aromatic carboxylic acids is 1. The first-order valence-corrected chi connectivity index (χ1v) is 5.26. The monoisotopic (exact) mass is 240 g/mol. The number of nitrogens with zero attached hydrogens (tertiary/aromatic N) is 2. The van der Waals surface area contributed by atoms with Crippen molar-refractivity contribution in [1.29, 1.82) is 0 Å². The van der Waals surface area contributed by atoms with Crippen LogP contribution in [0.1, 0.15) is 15.9 Å². The minimum absolute atomic E-state index is 0.138. The van der Waals surface area contributed by atoms with Gasteiger partial charge in [0.2, 0.25) is 0 Å². The number of nitrogens with one attached hydrogen (secondary N) is 1. The molecule has 0 aliphatic rings. The minimum atomic E-state index is -1.19. The number of pyridine rings is 1. The van der Waals surface area contributed by atoms with Crippen LogP contribution in [0.4, 0.5) is 5.69 Å². The second kappa shape index (κ2) is 5.58. The van der Waals surface area contributed by atoms with E-state index in [0.717, 1.165) is 5.56 Å². The number of hydrogen-bond acceptors (Lipinski definition) is 5. The molecule has 1 aromatic heterocycles. The standard InChI is InChI=1S/C13H11N3O2/c17-13(18)11-1-3-12(4-2-11)16-15-9-10-5-7-14-8-6-10/h1-9,16H,(H,17,18)/p-1/b15-9-. The van der Waals surface area contributed by atoms with Crippen molar-refractivity contribution in [3.05, 3.63) is 59.9 Å². The molecule has 5 nitrogen and oxygen atoms in total. The van der Waals surface area contributed by atoms with Crippen LogP contribution in [0.15, 0.2) is 53.9 Å². The van der Waals surface area contributed by atoms with Gasteiger partial charge < -0.3 is 9.90 Å². The van der Waals surface area contributed by atoms with Gasteiger partial charge in [-0.05, 0) is 35.4 Å². The lowest BCUT2D eigenvalue weighted by Crippen LogP contribution is -2.21. The Morgan fingerprint density at radius 1 is 1.17 bits per heavy atom. The number of carboxylic acid groups (broad SMARTS) is 1. The molecular formula is C13H10N3O2-. The van der Waals surface area contributed by atoms with E-state index in [1.54, 1.807) is 30.7 Å². The Hall–Kier alpha value is -2.69. The second-order valence-corrected chi connectivity index (χ2v) is 3.52. The Labute approximate surface area is 104 Å². The molecule has 0 saturated carbocycles. The van der Waals surface area contributed by atoms with E-state index in [4.69, 9.17) is 0 Å². The van der Waals surface area contributed by atoms with Gasteiger partial charge in [0.15, 0.2) is 0 Å². The molecule has 0 amide bonds. The maximum atomic E-state index is 10.5. The molecule has 0 aliphatic carbocycles. The first-order valence-electron chi connectivity index (χ1n) is 5.26. The molecule has 1 aromatic carbocycles. The van der Waals surface area contributed by atoms with Crippen LogP contribution in [-0.4, -0.2) is 17.2 Å². The third-order valence-electron chi connectivity index (χ3n) is 2.23. The van der Waals surface area contributed by atoms with Crippen LogP contribution in [0.3, 0.4) is 0 Å². The molecule has 1 heterocycles. The van der Waals surface area contributed by atoms with Gasteiger partial charge in [-0.2, -0.15) is 5.10 Å². The fraction of sp³-hybridized carbons (Fsp3) is 0. The number of hydrogen-bond donors (Lipinski definition) is 1. The van der Waals surface area contributed by atoms with E-state index < -0.39 is 5.97 Å². The molecule has 0 radical (unpaired) electrons. The van der Waals surface area contributed by atoms with E-state index in [-0.39, 0.29) is 5.56 Å². The Morgan fingerprint density at radius 3 is 2.44 bits per heavy atom. The molecule has 0 bridgehead atoms. The maximum absolute atomic E-state index is 10.5. The van der Waals surface area contributed by atoms with Crippen LogP contribution >= 0.6 is 0 Å². The Balaban J connectivity index is 1.98.